The largest absolute Gasteiger partial charge is 0.366 e. The lowest BCUT2D eigenvalue weighted by Gasteiger charge is -2.40. The van der Waals surface area contributed by atoms with E-state index >= 15 is 0 Å². The van der Waals surface area contributed by atoms with Crippen molar-refractivity contribution in [3.8, 4) is 0 Å². The van der Waals surface area contributed by atoms with Gasteiger partial charge in [0.1, 0.15) is 0 Å². The van der Waals surface area contributed by atoms with Crippen LogP contribution in [-0.4, -0.2) is 25.2 Å². The Labute approximate surface area is 109 Å². The van der Waals surface area contributed by atoms with Gasteiger partial charge in [0, 0.05) is 35.9 Å². The Balaban J connectivity index is 2.21. The summed E-state index contributed by atoms with van der Waals surface area (Å²) in [5, 5.41) is 4.43. The van der Waals surface area contributed by atoms with E-state index in [2.05, 4.69) is 42.3 Å². The van der Waals surface area contributed by atoms with E-state index in [9.17, 15) is 0 Å². The van der Waals surface area contributed by atoms with Crippen molar-refractivity contribution in [2.24, 2.45) is 0 Å². The van der Waals surface area contributed by atoms with Gasteiger partial charge in [0.2, 0.25) is 0 Å². The first-order chi connectivity index (χ1) is 8.11. The fourth-order valence-electron chi connectivity index (χ4n) is 2.32. The molecule has 2 rings (SSSR count). The van der Waals surface area contributed by atoms with E-state index in [-0.39, 0.29) is 0 Å². The van der Waals surface area contributed by atoms with Crippen molar-refractivity contribution in [1.29, 1.82) is 0 Å². The molecule has 0 bridgehead atoms. The lowest BCUT2D eigenvalue weighted by atomic mass is 10.1. The van der Waals surface area contributed by atoms with E-state index in [0.717, 1.165) is 23.7 Å². The van der Waals surface area contributed by atoms with E-state index < -0.39 is 0 Å². The van der Waals surface area contributed by atoms with E-state index in [0.29, 0.717) is 12.1 Å². The molecule has 0 aliphatic carbocycles. The topological polar surface area (TPSA) is 15.3 Å². The molecule has 1 aromatic rings. The van der Waals surface area contributed by atoms with Gasteiger partial charge in [-0.15, -0.1) is 0 Å². The molecule has 2 nitrogen and oxygen atoms in total. The molecular weight excluding hydrogens is 232 g/mol. The van der Waals surface area contributed by atoms with Crippen LogP contribution in [0.15, 0.2) is 18.2 Å². The molecule has 1 aromatic carbocycles. The van der Waals surface area contributed by atoms with Crippen LogP contribution in [0.4, 0.5) is 5.69 Å². The molecule has 1 saturated heterocycles. The lowest BCUT2D eigenvalue weighted by molar-refractivity contribution is 0.397. The molecule has 0 radical (unpaired) electrons. The summed E-state index contributed by atoms with van der Waals surface area (Å²) >= 11 is 6.21. The number of hydrogen-bond donors (Lipinski definition) is 1. The van der Waals surface area contributed by atoms with Crippen LogP contribution in [0.5, 0.6) is 0 Å². The van der Waals surface area contributed by atoms with Crippen LogP contribution in [-0.2, 0) is 0 Å². The van der Waals surface area contributed by atoms with E-state index in [1.807, 2.05) is 6.92 Å². The first kappa shape index (κ1) is 12.7. The Kier molecular flexibility index (Phi) is 3.95. The number of halogens is 1. The van der Waals surface area contributed by atoms with Gasteiger partial charge in [-0.25, -0.2) is 0 Å². The number of nitrogens with one attached hydrogen (secondary N) is 1. The summed E-state index contributed by atoms with van der Waals surface area (Å²) in [6.45, 7) is 8.64. The summed E-state index contributed by atoms with van der Waals surface area (Å²) in [6, 6.07) is 7.48. The molecule has 1 heterocycles. The molecule has 1 N–H and O–H groups in total. The van der Waals surface area contributed by atoms with Crippen LogP contribution < -0.4 is 10.2 Å². The van der Waals surface area contributed by atoms with Crippen LogP contribution in [0, 0.1) is 6.92 Å². The summed E-state index contributed by atoms with van der Waals surface area (Å²) in [5.41, 5.74) is 2.39. The third kappa shape index (κ3) is 2.75. The van der Waals surface area contributed by atoms with Gasteiger partial charge in [-0.3, -0.25) is 0 Å². The Morgan fingerprint density at radius 1 is 1.47 bits per heavy atom. The number of hydrogen-bond acceptors (Lipinski definition) is 2. The molecule has 17 heavy (non-hydrogen) atoms. The first-order valence-corrected chi connectivity index (χ1v) is 6.75. The van der Waals surface area contributed by atoms with Crippen molar-refractivity contribution in [2.75, 3.05) is 18.0 Å². The van der Waals surface area contributed by atoms with E-state index in [1.54, 1.807) is 0 Å². The standard InChI is InChI=1S/C14H21ClN2/c1-4-12-9-17(11(3)8-16-12)13-6-5-10(2)14(15)7-13/h5-7,11-12,16H,4,8-9H2,1-3H3. The van der Waals surface area contributed by atoms with Crippen molar-refractivity contribution in [3.05, 3.63) is 28.8 Å². The SMILES string of the molecule is CCC1CN(c2ccc(C)c(Cl)c2)C(C)CN1. The summed E-state index contributed by atoms with van der Waals surface area (Å²) in [6.07, 6.45) is 1.17. The zero-order valence-electron chi connectivity index (χ0n) is 10.8. The maximum absolute atomic E-state index is 6.21. The first-order valence-electron chi connectivity index (χ1n) is 6.38. The number of rotatable bonds is 2. The van der Waals surface area contributed by atoms with Gasteiger partial charge < -0.3 is 10.2 Å². The fraction of sp³-hybridized carbons (Fsp3) is 0.571. The van der Waals surface area contributed by atoms with Gasteiger partial charge in [0.05, 0.1) is 0 Å². The van der Waals surface area contributed by atoms with Crippen molar-refractivity contribution < 1.29 is 0 Å². The Morgan fingerprint density at radius 2 is 2.24 bits per heavy atom. The predicted octanol–water partition coefficient (Wildman–Crippen LogP) is 3.23. The summed E-state index contributed by atoms with van der Waals surface area (Å²) in [7, 11) is 0. The Bertz CT molecular complexity index is 392. The Hall–Kier alpha value is -0.730. The average molecular weight is 253 g/mol. The van der Waals surface area contributed by atoms with Gasteiger partial charge in [0.25, 0.3) is 0 Å². The van der Waals surface area contributed by atoms with Crippen molar-refractivity contribution in [1.82, 2.24) is 5.32 Å². The fourth-order valence-corrected chi connectivity index (χ4v) is 2.50. The summed E-state index contributed by atoms with van der Waals surface area (Å²) in [5.74, 6) is 0. The highest BCUT2D eigenvalue weighted by atomic mass is 35.5. The maximum atomic E-state index is 6.21. The molecule has 2 unspecified atom stereocenters. The Morgan fingerprint density at radius 3 is 2.88 bits per heavy atom. The molecule has 1 aliphatic heterocycles. The zero-order valence-corrected chi connectivity index (χ0v) is 11.6. The number of anilines is 1. The molecule has 94 valence electrons. The molecule has 0 aromatic heterocycles. The average Bonchev–Trinajstić information content (AvgIpc) is 2.33. The maximum Gasteiger partial charge on any atom is 0.0455 e. The van der Waals surface area contributed by atoms with E-state index in [1.165, 1.54) is 12.1 Å². The zero-order chi connectivity index (χ0) is 12.4. The van der Waals surface area contributed by atoms with Crippen LogP contribution in [0.25, 0.3) is 0 Å². The minimum absolute atomic E-state index is 0.525. The molecule has 0 amide bonds. The molecule has 0 spiro atoms. The van der Waals surface area contributed by atoms with Gasteiger partial charge in [-0.1, -0.05) is 24.6 Å². The smallest absolute Gasteiger partial charge is 0.0455 e. The summed E-state index contributed by atoms with van der Waals surface area (Å²) < 4.78 is 0. The quantitative estimate of drug-likeness (QED) is 0.870. The highest BCUT2D eigenvalue weighted by Gasteiger charge is 2.24. The van der Waals surface area contributed by atoms with Crippen molar-refractivity contribution >= 4 is 17.3 Å². The molecule has 0 saturated carbocycles. The van der Waals surface area contributed by atoms with Gasteiger partial charge in [0.15, 0.2) is 0 Å². The summed E-state index contributed by atoms with van der Waals surface area (Å²) in [4.78, 5) is 2.45. The highest BCUT2D eigenvalue weighted by molar-refractivity contribution is 6.31. The number of piperazine rings is 1. The molecule has 1 fully saturated rings. The van der Waals surface area contributed by atoms with Crippen LogP contribution in [0.1, 0.15) is 25.8 Å². The third-order valence-electron chi connectivity index (χ3n) is 3.63. The van der Waals surface area contributed by atoms with E-state index in [4.69, 9.17) is 11.6 Å². The second kappa shape index (κ2) is 5.28. The van der Waals surface area contributed by atoms with Crippen LogP contribution in [0.3, 0.4) is 0 Å². The molecule has 3 heteroatoms. The van der Waals surface area contributed by atoms with Crippen LogP contribution >= 0.6 is 11.6 Å². The van der Waals surface area contributed by atoms with Gasteiger partial charge in [-0.2, -0.15) is 0 Å². The predicted molar refractivity (Wildman–Crippen MR) is 75.1 cm³/mol. The second-order valence-corrected chi connectivity index (χ2v) is 5.36. The number of aryl methyl sites for hydroxylation is 1. The number of nitrogens with zero attached hydrogens (tertiary/aromatic N) is 1. The number of benzene rings is 1. The minimum Gasteiger partial charge on any atom is -0.366 e. The van der Waals surface area contributed by atoms with Gasteiger partial charge in [-0.05, 0) is 38.0 Å². The second-order valence-electron chi connectivity index (χ2n) is 4.95. The normalized spacial score (nSPS) is 25.1. The minimum atomic E-state index is 0.525. The monoisotopic (exact) mass is 252 g/mol. The molecular formula is C14H21ClN2. The van der Waals surface area contributed by atoms with Crippen molar-refractivity contribution in [2.45, 2.75) is 39.3 Å². The molecule has 1 aliphatic rings. The third-order valence-corrected chi connectivity index (χ3v) is 4.04. The van der Waals surface area contributed by atoms with Crippen molar-refractivity contribution in [3.63, 3.8) is 0 Å². The van der Waals surface area contributed by atoms with Crippen LogP contribution in [0.2, 0.25) is 5.02 Å². The lowest BCUT2D eigenvalue weighted by Crippen LogP contribution is -2.55. The van der Waals surface area contributed by atoms with Gasteiger partial charge >= 0.3 is 0 Å². The molecule has 2 atom stereocenters. The highest BCUT2D eigenvalue weighted by Crippen LogP contribution is 2.26.